The van der Waals surface area contributed by atoms with E-state index in [4.69, 9.17) is 10.5 Å². The van der Waals surface area contributed by atoms with Crippen LogP contribution in [-0.2, 0) is 5.54 Å². The van der Waals surface area contributed by atoms with Crippen LogP contribution < -0.4 is 10.5 Å². The highest BCUT2D eigenvalue weighted by Gasteiger charge is 2.50. The third-order valence-electron chi connectivity index (χ3n) is 3.33. The van der Waals surface area contributed by atoms with Crippen LogP contribution in [0, 0.1) is 11.7 Å². The van der Waals surface area contributed by atoms with Gasteiger partial charge in [-0.25, -0.2) is 4.39 Å². The van der Waals surface area contributed by atoms with E-state index in [2.05, 4.69) is 6.92 Å². The van der Waals surface area contributed by atoms with Crippen molar-refractivity contribution in [1.82, 2.24) is 0 Å². The van der Waals surface area contributed by atoms with E-state index in [0.29, 0.717) is 5.92 Å². The van der Waals surface area contributed by atoms with E-state index in [9.17, 15) is 4.39 Å². The van der Waals surface area contributed by atoms with Crippen LogP contribution in [0.25, 0.3) is 0 Å². The van der Waals surface area contributed by atoms with Gasteiger partial charge in [0.2, 0.25) is 0 Å². The standard InChI is InChI=1S/C12H16FNO/c1-3-8-7-12(8,14)9-4-5-10(13)11(6-9)15-2/h4-6,8H,3,7,14H2,1-2H3. The zero-order valence-electron chi connectivity index (χ0n) is 9.09. The van der Waals surface area contributed by atoms with Gasteiger partial charge in [-0.1, -0.05) is 19.4 Å². The van der Waals surface area contributed by atoms with E-state index in [1.807, 2.05) is 0 Å². The van der Waals surface area contributed by atoms with Crippen molar-refractivity contribution in [2.45, 2.75) is 25.3 Å². The molecule has 1 aliphatic carbocycles. The molecule has 1 aromatic rings. The lowest BCUT2D eigenvalue weighted by Crippen LogP contribution is -2.22. The number of halogens is 1. The molecular formula is C12H16FNO. The van der Waals surface area contributed by atoms with Crippen LogP contribution >= 0.6 is 0 Å². The van der Waals surface area contributed by atoms with E-state index in [0.717, 1.165) is 18.4 Å². The molecule has 2 N–H and O–H groups in total. The maximum atomic E-state index is 13.2. The summed E-state index contributed by atoms with van der Waals surface area (Å²) in [5.41, 5.74) is 6.94. The maximum Gasteiger partial charge on any atom is 0.165 e. The fourth-order valence-electron chi connectivity index (χ4n) is 2.16. The molecule has 1 saturated carbocycles. The number of methoxy groups -OCH3 is 1. The molecule has 0 aliphatic heterocycles. The molecule has 0 saturated heterocycles. The number of benzene rings is 1. The van der Waals surface area contributed by atoms with Gasteiger partial charge in [0.05, 0.1) is 7.11 Å². The zero-order chi connectivity index (χ0) is 11.1. The normalized spacial score (nSPS) is 28.9. The molecule has 0 amide bonds. The van der Waals surface area contributed by atoms with Crippen molar-refractivity contribution in [3.8, 4) is 5.75 Å². The zero-order valence-corrected chi connectivity index (χ0v) is 9.09. The van der Waals surface area contributed by atoms with Gasteiger partial charge in [0, 0.05) is 5.54 Å². The molecule has 0 radical (unpaired) electrons. The average molecular weight is 209 g/mol. The minimum atomic E-state index is -0.335. The van der Waals surface area contributed by atoms with Crippen molar-refractivity contribution >= 4 is 0 Å². The highest BCUT2D eigenvalue weighted by Crippen LogP contribution is 2.51. The van der Waals surface area contributed by atoms with Crippen LogP contribution in [0.3, 0.4) is 0 Å². The predicted molar refractivity (Wildman–Crippen MR) is 57.2 cm³/mol. The second-order valence-electron chi connectivity index (χ2n) is 4.20. The lowest BCUT2D eigenvalue weighted by atomic mass is 10.0. The van der Waals surface area contributed by atoms with E-state index in [-0.39, 0.29) is 17.1 Å². The number of ether oxygens (including phenoxy) is 1. The molecule has 1 aliphatic rings. The highest BCUT2D eigenvalue weighted by molar-refractivity contribution is 5.38. The molecule has 2 unspecified atom stereocenters. The highest BCUT2D eigenvalue weighted by atomic mass is 19.1. The summed E-state index contributed by atoms with van der Waals surface area (Å²) in [5, 5.41) is 0. The molecule has 82 valence electrons. The van der Waals surface area contributed by atoms with Crippen molar-refractivity contribution in [1.29, 1.82) is 0 Å². The summed E-state index contributed by atoms with van der Waals surface area (Å²) in [6.45, 7) is 2.13. The third-order valence-corrected chi connectivity index (χ3v) is 3.33. The quantitative estimate of drug-likeness (QED) is 0.829. The summed E-state index contributed by atoms with van der Waals surface area (Å²) >= 11 is 0. The molecule has 1 fully saturated rings. The molecule has 2 atom stereocenters. The van der Waals surface area contributed by atoms with Crippen molar-refractivity contribution in [2.75, 3.05) is 7.11 Å². The van der Waals surface area contributed by atoms with Crippen LogP contribution in [0.5, 0.6) is 5.75 Å². The van der Waals surface area contributed by atoms with Gasteiger partial charge >= 0.3 is 0 Å². The van der Waals surface area contributed by atoms with Crippen LogP contribution in [0.1, 0.15) is 25.3 Å². The van der Waals surface area contributed by atoms with Crippen molar-refractivity contribution in [3.05, 3.63) is 29.6 Å². The molecular weight excluding hydrogens is 193 g/mol. The molecule has 15 heavy (non-hydrogen) atoms. The first-order valence-electron chi connectivity index (χ1n) is 5.24. The van der Waals surface area contributed by atoms with Gasteiger partial charge in [-0.15, -0.1) is 0 Å². The summed E-state index contributed by atoms with van der Waals surface area (Å²) in [5.74, 6) is 0.463. The van der Waals surface area contributed by atoms with Gasteiger partial charge in [-0.05, 0) is 30.0 Å². The Morgan fingerprint density at radius 2 is 2.33 bits per heavy atom. The van der Waals surface area contributed by atoms with Crippen LogP contribution in [-0.4, -0.2) is 7.11 Å². The largest absolute Gasteiger partial charge is 0.494 e. The molecule has 2 nitrogen and oxygen atoms in total. The summed E-state index contributed by atoms with van der Waals surface area (Å²) in [4.78, 5) is 0. The van der Waals surface area contributed by atoms with Gasteiger partial charge in [0.1, 0.15) is 0 Å². The first kappa shape index (κ1) is 10.4. The Kier molecular flexibility index (Phi) is 2.43. The summed E-state index contributed by atoms with van der Waals surface area (Å²) in [7, 11) is 1.47. The Balaban J connectivity index is 2.31. The molecule has 0 aromatic heterocycles. The summed E-state index contributed by atoms with van der Waals surface area (Å²) < 4.78 is 18.1. The van der Waals surface area contributed by atoms with E-state index >= 15 is 0 Å². The SMILES string of the molecule is CCC1CC1(N)c1ccc(F)c(OC)c1. The van der Waals surface area contributed by atoms with Crippen molar-refractivity contribution < 1.29 is 9.13 Å². The van der Waals surface area contributed by atoms with Gasteiger partial charge in [0.15, 0.2) is 11.6 Å². The Bertz CT molecular complexity index is 380. The van der Waals surface area contributed by atoms with Crippen LogP contribution in [0.15, 0.2) is 18.2 Å². The molecule has 0 heterocycles. The Morgan fingerprint density at radius 3 is 2.87 bits per heavy atom. The topological polar surface area (TPSA) is 35.2 Å². The van der Waals surface area contributed by atoms with Crippen LogP contribution in [0.4, 0.5) is 4.39 Å². The Morgan fingerprint density at radius 1 is 1.60 bits per heavy atom. The summed E-state index contributed by atoms with van der Waals surface area (Å²) in [6, 6.07) is 4.90. The smallest absolute Gasteiger partial charge is 0.165 e. The minimum absolute atomic E-state index is 0.254. The molecule has 2 rings (SSSR count). The van der Waals surface area contributed by atoms with Crippen LogP contribution in [0.2, 0.25) is 0 Å². The second kappa shape index (κ2) is 3.49. The lowest BCUT2D eigenvalue weighted by Gasteiger charge is -2.13. The number of hydrogen-bond donors (Lipinski definition) is 1. The minimum Gasteiger partial charge on any atom is -0.494 e. The fourth-order valence-corrected chi connectivity index (χ4v) is 2.16. The van der Waals surface area contributed by atoms with E-state index in [1.165, 1.54) is 13.2 Å². The third kappa shape index (κ3) is 1.61. The Hall–Kier alpha value is -1.09. The average Bonchev–Trinajstić information content (AvgIpc) is 2.92. The van der Waals surface area contributed by atoms with E-state index in [1.54, 1.807) is 12.1 Å². The first-order valence-corrected chi connectivity index (χ1v) is 5.24. The number of hydrogen-bond acceptors (Lipinski definition) is 2. The van der Waals surface area contributed by atoms with Gasteiger partial charge in [-0.2, -0.15) is 0 Å². The molecule has 0 spiro atoms. The second-order valence-corrected chi connectivity index (χ2v) is 4.20. The molecule has 0 bridgehead atoms. The summed E-state index contributed by atoms with van der Waals surface area (Å²) in [6.07, 6.45) is 2.05. The molecule has 1 aromatic carbocycles. The fraction of sp³-hybridized carbons (Fsp3) is 0.500. The predicted octanol–water partition coefficient (Wildman–Crippen LogP) is 2.42. The first-order chi connectivity index (χ1) is 7.11. The van der Waals surface area contributed by atoms with Gasteiger partial charge in [-0.3, -0.25) is 0 Å². The van der Waals surface area contributed by atoms with E-state index < -0.39 is 0 Å². The maximum absolute atomic E-state index is 13.2. The van der Waals surface area contributed by atoms with Gasteiger partial charge in [0.25, 0.3) is 0 Å². The van der Waals surface area contributed by atoms with Crippen molar-refractivity contribution in [2.24, 2.45) is 11.7 Å². The monoisotopic (exact) mass is 209 g/mol. The molecule has 3 heteroatoms. The number of rotatable bonds is 3. The number of nitrogens with two attached hydrogens (primary N) is 1. The van der Waals surface area contributed by atoms with Crippen molar-refractivity contribution in [3.63, 3.8) is 0 Å². The van der Waals surface area contributed by atoms with Gasteiger partial charge < -0.3 is 10.5 Å². The lowest BCUT2D eigenvalue weighted by molar-refractivity contribution is 0.385. The Labute approximate surface area is 89.2 Å².